The van der Waals surface area contributed by atoms with Crippen LogP contribution in [0.3, 0.4) is 0 Å². The van der Waals surface area contributed by atoms with Crippen LogP contribution in [0.4, 0.5) is 10.1 Å². The summed E-state index contributed by atoms with van der Waals surface area (Å²) in [6, 6.07) is 14.4. The van der Waals surface area contributed by atoms with Gasteiger partial charge in [0.1, 0.15) is 5.82 Å². The molecule has 0 spiro atoms. The number of hydrogen-bond acceptors (Lipinski definition) is 4. The topological polar surface area (TPSA) is 43.9 Å². The Kier molecular flexibility index (Phi) is 7.07. The Hall–Kier alpha value is -2.51. The van der Waals surface area contributed by atoms with Crippen molar-refractivity contribution in [3.8, 4) is 0 Å². The number of carbonyl (C=O) groups excluding carboxylic acids is 2. The maximum atomic E-state index is 14.1. The molecule has 5 rings (SSSR count). The summed E-state index contributed by atoms with van der Waals surface area (Å²) in [5.41, 5.74) is 1.44. The Balaban J connectivity index is 1.21. The lowest BCUT2D eigenvalue weighted by molar-refractivity contribution is -0.139. The number of carbonyl (C=O) groups is 2. The number of amides is 2. The van der Waals surface area contributed by atoms with Crippen LogP contribution in [-0.4, -0.2) is 66.1 Å². The van der Waals surface area contributed by atoms with Gasteiger partial charge in [-0.05, 0) is 49.1 Å². The highest BCUT2D eigenvalue weighted by atomic mass is 35.5. The van der Waals surface area contributed by atoms with Gasteiger partial charge in [0.05, 0.1) is 10.6 Å². The molecule has 0 N–H and O–H groups in total. The largest absolute Gasteiger partial charge is 0.366 e. The molecule has 2 aromatic rings. The van der Waals surface area contributed by atoms with Crippen LogP contribution >= 0.6 is 23.4 Å². The smallest absolute Gasteiger partial charge is 0.260 e. The molecular formula is C27H29ClFN3O2S. The first-order valence-corrected chi connectivity index (χ1v) is 13.4. The number of rotatable bonds is 3. The van der Waals surface area contributed by atoms with Gasteiger partial charge in [-0.15, -0.1) is 11.8 Å². The van der Waals surface area contributed by atoms with E-state index in [2.05, 4.69) is 0 Å². The van der Waals surface area contributed by atoms with Gasteiger partial charge in [0.15, 0.2) is 0 Å². The zero-order valence-electron chi connectivity index (χ0n) is 19.7. The summed E-state index contributed by atoms with van der Waals surface area (Å²) in [4.78, 5) is 33.0. The highest BCUT2D eigenvalue weighted by Crippen LogP contribution is 2.44. The van der Waals surface area contributed by atoms with Crippen molar-refractivity contribution in [2.75, 3.05) is 38.1 Å². The van der Waals surface area contributed by atoms with E-state index in [1.807, 2.05) is 58.2 Å². The predicted octanol–water partition coefficient (Wildman–Crippen LogP) is 4.91. The van der Waals surface area contributed by atoms with Crippen LogP contribution in [0.5, 0.6) is 0 Å². The maximum absolute atomic E-state index is 14.1. The molecule has 5 nitrogen and oxygen atoms in total. The molecule has 184 valence electrons. The first-order chi connectivity index (χ1) is 16.9. The first kappa shape index (κ1) is 24.2. The predicted molar refractivity (Wildman–Crippen MR) is 140 cm³/mol. The van der Waals surface area contributed by atoms with Gasteiger partial charge in [0.25, 0.3) is 5.91 Å². The van der Waals surface area contributed by atoms with E-state index >= 15 is 0 Å². The normalized spacial score (nSPS) is 26.1. The molecule has 3 atom stereocenters. The van der Waals surface area contributed by atoms with E-state index in [1.165, 1.54) is 6.07 Å². The molecule has 35 heavy (non-hydrogen) atoms. The Bertz CT molecular complexity index is 1150. The van der Waals surface area contributed by atoms with Crippen LogP contribution < -0.4 is 4.90 Å². The molecule has 2 aliphatic heterocycles. The molecule has 2 amide bonds. The number of fused-ring (bicyclic) bond motifs is 1. The van der Waals surface area contributed by atoms with Gasteiger partial charge >= 0.3 is 0 Å². The summed E-state index contributed by atoms with van der Waals surface area (Å²) >= 11 is 7.93. The van der Waals surface area contributed by atoms with E-state index < -0.39 is 0 Å². The molecule has 2 heterocycles. The van der Waals surface area contributed by atoms with Gasteiger partial charge < -0.3 is 14.7 Å². The SMILES string of the molecule is CN1C(=O)/C(=C/c2ccccc2Cl)SC2CCC(C(=O)N3CCN(c4ccccc4F)CC3)CC21. The van der Waals surface area contributed by atoms with E-state index in [4.69, 9.17) is 11.6 Å². The number of para-hydroxylation sites is 1. The van der Waals surface area contributed by atoms with Crippen molar-refractivity contribution in [2.24, 2.45) is 5.92 Å². The Morgan fingerprint density at radius 1 is 1.06 bits per heavy atom. The number of nitrogens with zero attached hydrogens (tertiary/aromatic N) is 3. The monoisotopic (exact) mass is 513 g/mol. The lowest BCUT2D eigenvalue weighted by Gasteiger charge is -2.45. The minimum Gasteiger partial charge on any atom is -0.366 e. The molecule has 0 radical (unpaired) electrons. The third-order valence-corrected chi connectivity index (χ3v) is 9.13. The van der Waals surface area contributed by atoms with Gasteiger partial charge in [0.2, 0.25) is 5.91 Å². The van der Waals surface area contributed by atoms with E-state index in [-0.39, 0.29) is 34.8 Å². The van der Waals surface area contributed by atoms with Gasteiger partial charge in [-0.2, -0.15) is 0 Å². The second-order valence-corrected chi connectivity index (χ2v) is 11.1. The van der Waals surface area contributed by atoms with Crippen molar-refractivity contribution in [3.05, 3.63) is 69.8 Å². The minimum absolute atomic E-state index is 0.0113. The van der Waals surface area contributed by atoms with Crippen molar-refractivity contribution < 1.29 is 14.0 Å². The number of anilines is 1. The van der Waals surface area contributed by atoms with Crippen LogP contribution in [0.2, 0.25) is 5.02 Å². The zero-order valence-corrected chi connectivity index (χ0v) is 21.3. The van der Waals surface area contributed by atoms with E-state index in [9.17, 15) is 14.0 Å². The van der Waals surface area contributed by atoms with Gasteiger partial charge in [-0.1, -0.05) is 41.9 Å². The Labute approximate surface area is 214 Å². The fraction of sp³-hybridized carbons (Fsp3) is 0.407. The summed E-state index contributed by atoms with van der Waals surface area (Å²) < 4.78 is 14.1. The highest BCUT2D eigenvalue weighted by Gasteiger charge is 2.43. The summed E-state index contributed by atoms with van der Waals surface area (Å²) in [5, 5.41) is 0.899. The second-order valence-electron chi connectivity index (χ2n) is 9.44. The van der Waals surface area contributed by atoms with Crippen LogP contribution in [0.15, 0.2) is 53.4 Å². The van der Waals surface area contributed by atoms with Crippen molar-refractivity contribution in [1.29, 1.82) is 0 Å². The molecule has 0 aromatic heterocycles. The standard InChI is InChI=1S/C27H29ClFN3O2S/c1-30-23-16-19(26(33)32-14-12-31(13-15-32)22-9-5-4-8-21(22)29)10-11-24(23)35-25(27(30)34)17-18-6-2-3-7-20(18)28/h2-9,17,19,23-24H,10-16H2,1H3/b25-17-. The average Bonchev–Trinajstić information content (AvgIpc) is 2.88. The molecular weight excluding hydrogens is 485 g/mol. The Morgan fingerprint density at radius 2 is 1.77 bits per heavy atom. The molecule has 2 saturated heterocycles. The highest BCUT2D eigenvalue weighted by molar-refractivity contribution is 8.04. The van der Waals surface area contributed by atoms with Crippen molar-refractivity contribution in [2.45, 2.75) is 30.6 Å². The summed E-state index contributed by atoms with van der Waals surface area (Å²) in [6.07, 6.45) is 4.28. The second kappa shape index (κ2) is 10.2. The van der Waals surface area contributed by atoms with E-state index in [0.29, 0.717) is 48.2 Å². The maximum Gasteiger partial charge on any atom is 0.260 e. The lowest BCUT2D eigenvalue weighted by atomic mass is 9.83. The molecule has 3 fully saturated rings. The van der Waals surface area contributed by atoms with Crippen molar-refractivity contribution in [1.82, 2.24) is 9.80 Å². The molecule has 1 aliphatic carbocycles. The van der Waals surface area contributed by atoms with Crippen molar-refractivity contribution in [3.63, 3.8) is 0 Å². The summed E-state index contributed by atoms with van der Waals surface area (Å²) in [6.45, 7) is 2.42. The summed E-state index contributed by atoms with van der Waals surface area (Å²) in [7, 11) is 1.85. The zero-order chi connectivity index (χ0) is 24.5. The number of halogens is 2. The van der Waals surface area contributed by atoms with Crippen LogP contribution in [0.25, 0.3) is 6.08 Å². The number of hydrogen-bond donors (Lipinski definition) is 0. The molecule has 1 saturated carbocycles. The molecule has 3 unspecified atom stereocenters. The molecule has 3 aliphatic rings. The van der Waals surface area contributed by atoms with Crippen LogP contribution in [-0.2, 0) is 9.59 Å². The third-order valence-electron chi connectivity index (χ3n) is 7.39. The fourth-order valence-corrected chi connectivity index (χ4v) is 7.05. The van der Waals surface area contributed by atoms with E-state index in [0.717, 1.165) is 18.4 Å². The third kappa shape index (κ3) is 4.94. The number of benzene rings is 2. The van der Waals surface area contributed by atoms with Gasteiger partial charge in [-0.25, -0.2) is 4.39 Å². The average molecular weight is 514 g/mol. The molecule has 2 aromatic carbocycles. The fourth-order valence-electron chi connectivity index (χ4n) is 5.39. The first-order valence-electron chi connectivity index (χ1n) is 12.1. The van der Waals surface area contributed by atoms with E-state index in [1.54, 1.807) is 23.9 Å². The van der Waals surface area contributed by atoms with Crippen LogP contribution in [0.1, 0.15) is 24.8 Å². The van der Waals surface area contributed by atoms with Gasteiger partial charge in [-0.3, -0.25) is 9.59 Å². The minimum atomic E-state index is -0.226. The van der Waals surface area contributed by atoms with Crippen LogP contribution in [0, 0.1) is 11.7 Å². The lowest BCUT2D eigenvalue weighted by Crippen LogP contribution is -2.55. The number of piperazine rings is 1. The Morgan fingerprint density at radius 3 is 2.51 bits per heavy atom. The summed E-state index contributed by atoms with van der Waals surface area (Å²) in [5.74, 6) is -0.153. The van der Waals surface area contributed by atoms with Gasteiger partial charge in [0, 0.05) is 55.5 Å². The van der Waals surface area contributed by atoms with Crippen molar-refractivity contribution >= 4 is 46.9 Å². The number of thioether (sulfide) groups is 1. The quantitative estimate of drug-likeness (QED) is 0.547. The number of likely N-dealkylation sites (N-methyl/N-ethyl adjacent to an activating group) is 1. The molecule has 0 bridgehead atoms. The molecule has 8 heteroatoms.